The van der Waals surface area contributed by atoms with Gasteiger partial charge in [0.1, 0.15) is 5.82 Å². The fourth-order valence-corrected chi connectivity index (χ4v) is 3.24. The Morgan fingerprint density at radius 2 is 2.19 bits per heavy atom. The fraction of sp³-hybridized carbons (Fsp3) is 0.529. The molecule has 0 aliphatic carbocycles. The molecule has 0 N–H and O–H groups in total. The number of piperidine rings is 1. The third-order valence-electron chi connectivity index (χ3n) is 4.51. The lowest BCUT2D eigenvalue weighted by atomic mass is 9.94. The molecule has 0 bridgehead atoms. The molecule has 1 unspecified atom stereocenters. The molecule has 1 fully saturated rings. The number of rotatable bonds is 4. The van der Waals surface area contributed by atoms with Crippen molar-refractivity contribution in [2.75, 3.05) is 13.1 Å². The molecule has 4 heteroatoms. The van der Waals surface area contributed by atoms with E-state index in [1.807, 2.05) is 24.7 Å². The first-order chi connectivity index (χ1) is 10.2. The summed E-state index contributed by atoms with van der Waals surface area (Å²) < 4.78 is 2.14. The van der Waals surface area contributed by atoms with E-state index < -0.39 is 0 Å². The van der Waals surface area contributed by atoms with E-state index in [2.05, 4.69) is 39.5 Å². The van der Waals surface area contributed by atoms with E-state index in [4.69, 9.17) is 0 Å². The molecule has 1 saturated heterocycles. The van der Waals surface area contributed by atoms with Gasteiger partial charge in [0.2, 0.25) is 0 Å². The quantitative estimate of drug-likeness (QED) is 0.865. The van der Waals surface area contributed by atoms with Crippen molar-refractivity contribution in [3.63, 3.8) is 0 Å². The van der Waals surface area contributed by atoms with Crippen molar-refractivity contribution in [3.05, 3.63) is 47.8 Å². The van der Waals surface area contributed by atoms with Crippen molar-refractivity contribution in [2.45, 2.75) is 32.7 Å². The monoisotopic (exact) mass is 284 g/mol. The summed E-state index contributed by atoms with van der Waals surface area (Å²) in [5.41, 5.74) is 2.51. The molecule has 21 heavy (non-hydrogen) atoms. The molecule has 1 aliphatic heterocycles. The molecular weight excluding hydrogens is 260 g/mol. The normalized spacial score (nSPS) is 19.8. The molecular formula is C17H24N4. The Kier molecular flexibility index (Phi) is 4.34. The fourth-order valence-electron chi connectivity index (χ4n) is 3.24. The Bertz CT molecular complexity index is 590. The second-order valence-corrected chi connectivity index (χ2v) is 6.15. The second-order valence-electron chi connectivity index (χ2n) is 6.15. The van der Waals surface area contributed by atoms with E-state index in [0.29, 0.717) is 0 Å². The van der Waals surface area contributed by atoms with E-state index in [-0.39, 0.29) is 0 Å². The Balaban J connectivity index is 1.61. The number of hydrogen-bond donors (Lipinski definition) is 0. The van der Waals surface area contributed by atoms with Crippen LogP contribution in [0.5, 0.6) is 0 Å². The lowest BCUT2D eigenvalue weighted by Gasteiger charge is -2.32. The topological polar surface area (TPSA) is 34.0 Å². The van der Waals surface area contributed by atoms with Crippen LogP contribution in [-0.2, 0) is 20.0 Å². The highest BCUT2D eigenvalue weighted by Gasteiger charge is 2.21. The smallest absolute Gasteiger partial charge is 0.108 e. The maximum atomic E-state index is 4.47. The molecule has 2 aromatic rings. The van der Waals surface area contributed by atoms with E-state index >= 15 is 0 Å². The molecule has 0 saturated carbocycles. The summed E-state index contributed by atoms with van der Waals surface area (Å²) in [6, 6.07) is 4.24. The molecule has 4 nitrogen and oxygen atoms in total. The number of aromatic nitrogens is 3. The Morgan fingerprint density at radius 3 is 2.95 bits per heavy atom. The van der Waals surface area contributed by atoms with E-state index in [0.717, 1.165) is 24.6 Å². The van der Waals surface area contributed by atoms with Gasteiger partial charge in [-0.05, 0) is 43.9 Å². The van der Waals surface area contributed by atoms with Gasteiger partial charge in [-0.2, -0.15) is 0 Å². The van der Waals surface area contributed by atoms with Gasteiger partial charge in [-0.1, -0.05) is 6.07 Å². The van der Waals surface area contributed by atoms with Crippen LogP contribution in [-0.4, -0.2) is 32.5 Å². The van der Waals surface area contributed by atoms with Gasteiger partial charge in [0.05, 0.1) is 0 Å². The lowest BCUT2D eigenvalue weighted by molar-refractivity contribution is 0.165. The van der Waals surface area contributed by atoms with Crippen molar-refractivity contribution in [1.82, 2.24) is 19.4 Å². The highest BCUT2D eigenvalue weighted by Crippen LogP contribution is 2.22. The number of nitrogens with zero attached hydrogens (tertiary/aromatic N) is 4. The van der Waals surface area contributed by atoms with Crippen LogP contribution in [0.1, 0.15) is 29.9 Å². The minimum atomic E-state index is 0.719. The Hall–Kier alpha value is -1.68. The highest BCUT2D eigenvalue weighted by atomic mass is 15.1. The predicted molar refractivity (Wildman–Crippen MR) is 83.9 cm³/mol. The first-order valence-corrected chi connectivity index (χ1v) is 7.81. The standard InChI is InChI=1S/C17H24N4/c1-14-16(6-3-7-18-14)13-21-9-4-5-15(12-21)11-17-19-8-10-20(17)2/h3,6-8,10,15H,4-5,9,11-13H2,1-2H3. The van der Waals surface area contributed by atoms with Crippen LogP contribution in [0.15, 0.2) is 30.7 Å². The molecule has 3 heterocycles. The third-order valence-corrected chi connectivity index (χ3v) is 4.51. The van der Waals surface area contributed by atoms with Crippen molar-refractivity contribution < 1.29 is 0 Å². The van der Waals surface area contributed by atoms with Crippen molar-refractivity contribution in [3.8, 4) is 0 Å². The summed E-state index contributed by atoms with van der Waals surface area (Å²) >= 11 is 0. The number of pyridine rings is 1. The first kappa shape index (κ1) is 14.3. The summed E-state index contributed by atoms with van der Waals surface area (Å²) in [4.78, 5) is 11.4. The van der Waals surface area contributed by atoms with E-state index in [1.165, 1.54) is 37.3 Å². The van der Waals surface area contributed by atoms with Gasteiger partial charge < -0.3 is 4.57 Å². The molecule has 1 aliphatic rings. The minimum Gasteiger partial charge on any atom is -0.338 e. The number of likely N-dealkylation sites (tertiary alicyclic amines) is 1. The van der Waals surface area contributed by atoms with Crippen molar-refractivity contribution >= 4 is 0 Å². The average molecular weight is 284 g/mol. The van der Waals surface area contributed by atoms with E-state index in [1.54, 1.807) is 0 Å². The summed E-state index contributed by atoms with van der Waals surface area (Å²) in [5, 5.41) is 0. The summed E-state index contributed by atoms with van der Waals surface area (Å²) in [6.07, 6.45) is 9.50. The minimum absolute atomic E-state index is 0.719. The summed E-state index contributed by atoms with van der Waals surface area (Å²) in [5.74, 6) is 1.93. The maximum absolute atomic E-state index is 4.47. The van der Waals surface area contributed by atoms with Crippen LogP contribution in [0.3, 0.4) is 0 Å². The molecule has 2 aromatic heterocycles. The SMILES string of the molecule is Cc1ncccc1CN1CCCC(Cc2nccn2C)C1. The Morgan fingerprint density at radius 1 is 1.29 bits per heavy atom. The van der Waals surface area contributed by atoms with Gasteiger partial charge in [0, 0.05) is 50.8 Å². The zero-order chi connectivity index (χ0) is 14.7. The zero-order valence-electron chi connectivity index (χ0n) is 13.0. The van der Waals surface area contributed by atoms with Crippen LogP contribution in [0, 0.1) is 12.8 Å². The predicted octanol–water partition coefficient (Wildman–Crippen LogP) is 2.58. The second kappa shape index (κ2) is 6.39. The third kappa shape index (κ3) is 3.50. The molecule has 0 spiro atoms. The molecule has 3 rings (SSSR count). The van der Waals surface area contributed by atoms with Crippen LogP contribution in [0.2, 0.25) is 0 Å². The van der Waals surface area contributed by atoms with Gasteiger partial charge in [-0.3, -0.25) is 9.88 Å². The number of hydrogen-bond acceptors (Lipinski definition) is 3. The van der Waals surface area contributed by atoms with Gasteiger partial charge in [-0.25, -0.2) is 4.98 Å². The van der Waals surface area contributed by atoms with E-state index in [9.17, 15) is 0 Å². The maximum Gasteiger partial charge on any atom is 0.108 e. The number of imidazole rings is 1. The average Bonchev–Trinajstić information content (AvgIpc) is 2.87. The molecule has 1 atom stereocenters. The zero-order valence-corrected chi connectivity index (χ0v) is 13.0. The highest BCUT2D eigenvalue weighted by molar-refractivity contribution is 5.18. The molecule has 0 radical (unpaired) electrons. The van der Waals surface area contributed by atoms with Crippen molar-refractivity contribution in [2.24, 2.45) is 13.0 Å². The van der Waals surface area contributed by atoms with Gasteiger partial charge in [0.25, 0.3) is 0 Å². The first-order valence-electron chi connectivity index (χ1n) is 7.81. The lowest BCUT2D eigenvalue weighted by Crippen LogP contribution is -2.36. The Labute approximate surface area is 126 Å². The van der Waals surface area contributed by atoms with Gasteiger partial charge in [0.15, 0.2) is 0 Å². The van der Waals surface area contributed by atoms with Crippen LogP contribution in [0.25, 0.3) is 0 Å². The van der Waals surface area contributed by atoms with Crippen molar-refractivity contribution in [1.29, 1.82) is 0 Å². The van der Waals surface area contributed by atoms with Crippen LogP contribution in [0.4, 0.5) is 0 Å². The summed E-state index contributed by atoms with van der Waals surface area (Å²) in [7, 11) is 2.09. The van der Waals surface area contributed by atoms with Crippen LogP contribution < -0.4 is 0 Å². The largest absolute Gasteiger partial charge is 0.338 e. The number of aryl methyl sites for hydroxylation is 2. The van der Waals surface area contributed by atoms with Gasteiger partial charge >= 0.3 is 0 Å². The molecule has 0 aromatic carbocycles. The molecule has 0 amide bonds. The van der Waals surface area contributed by atoms with Crippen LogP contribution >= 0.6 is 0 Å². The van der Waals surface area contributed by atoms with Gasteiger partial charge in [-0.15, -0.1) is 0 Å². The summed E-state index contributed by atoms with van der Waals surface area (Å²) in [6.45, 7) is 5.49. The molecule has 112 valence electrons.